The van der Waals surface area contributed by atoms with Crippen molar-refractivity contribution < 1.29 is 9.84 Å². The quantitative estimate of drug-likeness (QED) is 0.905. The number of ether oxygens (including phenoxy) is 1. The number of methoxy groups -OCH3 is 1. The summed E-state index contributed by atoms with van der Waals surface area (Å²) in [4.78, 5) is 2.17. The van der Waals surface area contributed by atoms with Gasteiger partial charge in [0.05, 0.1) is 13.2 Å². The number of aliphatic hydroxyl groups is 1. The van der Waals surface area contributed by atoms with Crippen molar-refractivity contribution in [3.8, 4) is 5.75 Å². The lowest BCUT2D eigenvalue weighted by Crippen LogP contribution is -2.16. The fraction of sp³-hybridized carbons (Fsp3) is 0.294. The van der Waals surface area contributed by atoms with Crippen molar-refractivity contribution in [2.75, 3.05) is 19.1 Å². The highest BCUT2D eigenvalue weighted by Crippen LogP contribution is 2.21. The number of rotatable bonds is 5. The topological polar surface area (TPSA) is 32.7 Å². The van der Waals surface area contributed by atoms with Crippen molar-refractivity contribution >= 4 is 5.69 Å². The van der Waals surface area contributed by atoms with E-state index < -0.39 is 6.10 Å². The molecular formula is C17H21NO2. The predicted octanol–water partition coefficient (Wildman–Crippen LogP) is 3.38. The molecule has 0 radical (unpaired) electrons. The summed E-state index contributed by atoms with van der Waals surface area (Å²) < 4.78 is 5.24. The van der Waals surface area contributed by atoms with Gasteiger partial charge < -0.3 is 14.7 Å². The number of aliphatic hydroxyl groups excluding tert-OH is 1. The molecule has 0 aliphatic heterocycles. The van der Waals surface area contributed by atoms with Crippen LogP contribution in [-0.4, -0.2) is 19.3 Å². The van der Waals surface area contributed by atoms with Gasteiger partial charge in [0.2, 0.25) is 0 Å². The molecular weight excluding hydrogens is 250 g/mol. The Labute approximate surface area is 120 Å². The van der Waals surface area contributed by atoms with E-state index in [0.717, 1.165) is 23.5 Å². The summed E-state index contributed by atoms with van der Waals surface area (Å²) >= 11 is 0. The number of hydrogen-bond donors (Lipinski definition) is 1. The lowest BCUT2D eigenvalue weighted by molar-refractivity contribution is 0.199. The average molecular weight is 271 g/mol. The minimum Gasteiger partial charge on any atom is -0.497 e. The van der Waals surface area contributed by atoms with Crippen LogP contribution in [-0.2, 0) is 6.54 Å². The number of nitrogens with zero attached hydrogens (tertiary/aromatic N) is 1. The maximum absolute atomic E-state index is 9.52. The van der Waals surface area contributed by atoms with Crippen LogP contribution in [0.4, 0.5) is 5.69 Å². The Morgan fingerprint density at radius 1 is 1.15 bits per heavy atom. The van der Waals surface area contributed by atoms with E-state index in [9.17, 15) is 5.11 Å². The van der Waals surface area contributed by atoms with Gasteiger partial charge in [-0.25, -0.2) is 0 Å². The highest BCUT2D eigenvalue weighted by atomic mass is 16.5. The molecule has 0 amide bonds. The van der Waals surface area contributed by atoms with E-state index in [2.05, 4.69) is 18.0 Å². The molecule has 0 heterocycles. The minimum atomic E-state index is -0.423. The highest BCUT2D eigenvalue weighted by molar-refractivity contribution is 5.48. The zero-order valence-corrected chi connectivity index (χ0v) is 12.2. The second kappa shape index (κ2) is 6.44. The third kappa shape index (κ3) is 3.52. The molecule has 0 saturated heterocycles. The van der Waals surface area contributed by atoms with Gasteiger partial charge in [-0.1, -0.05) is 24.3 Å². The molecule has 2 aromatic carbocycles. The Morgan fingerprint density at radius 3 is 2.45 bits per heavy atom. The van der Waals surface area contributed by atoms with Crippen LogP contribution < -0.4 is 9.64 Å². The molecule has 1 atom stereocenters. The molecule has 20 heavy (non-hydrogen) atoms. The van der Waals surface area contributed by atoms with Gasteiger partial charge in [-0.3, -0.25) is 0 Å². The van der Waals surface area contributed by atoms with Crippen LogP contribution >= 0.6 is 0 Å². The fourth-order valence-electron chi connectivity index (χ4n) is 2.14. The monoisotopic (exact) mass is 271 g/mol. The summed E-state index contributed by atoms with van der Waals surface area (Å²) in [5, 5.41) is 9.52. The maximum Gasteiger partial charge on any atom is 0.119 e. The second-order valence-electron chi connectivity index (χ2n) is 4.98. The van der Waals surface area contributed by atoms with Crippen molar-refractivity contribution in [3.05, 3.63) is 59.7 Å². The maximum atomic E-state index is 9.52. The molecule has 0 aromatic heterocycles. The van der Waals surface area contributed by atoms with Crippen LogP contribution in [0.5, 0.6) is 5.75 Å². The second-order valence-corrected chi connectivity index (χ2v) is 4.98. The third-order valence-electron chi connectivity index (χ3n) is 3.37. The lowest BCUT2D eigenvalue weighted by atomic mass is 10.1. The first-order chi connectivity index (χ1) is 9.60. The third-order valence-corrected chi connectivity index (χ3v) is 3.37. The van der Waals surface area contributed by atoms with Crippen LogP contribution in [0.25, 0.3) is 0 Å². The molecule has 3 heteroatoms. The van der Waals surface area contributed by atoms with Crippen LogP contribution in [0.3, 0.4) is 0 Å². The zero-order valence-electron chi connectivity index (χ0n) is 12.2. The van der Waals surface area contributed by atoms with Crippen molar-refractivity contribution in [2.24, 2.45) is 0 Å². The van der Waals surface area contributed by atoms with Gasteiger partial charge in [0.15, 0.2) is 0 Å². The largest absolute Gasteiger partial charge is 0.497 e. The summed E-state index contributed by atoms with van der Waals surface area (Å²) in [7, 11) is 3.73. The molecule has 1 N–H and O–H groups in total. The van der Waals surface area contributed by atoms with Crippen molar-refractivity contribution in [3.63, 3.8) is 0 Å². The average Bonchev–Trinajstić information content (AvgIpc) is 2.47. The lowest BCUT2D eigenvalue weighted by Gasteiger charge is -2.20. The van der Waals surface area contributed by atoms with Gasteiger partial charge in [0, 0.05) is 19.3 Å². The SMILES string of the molecule is COc1cccc(CN(C)c2ccc([C@@H](C)O)cc2)c1. The van der Waals surface area contributed by atoms with Crippen molar-refractivity contribution in [1.29, 1.82) is 0 Å². The summed E-state index contributed by atoms with van der Waals surface area (Å²) in [6, 6.07) is 16.1. The van der Waals surface area contributed by atoms with Crippen LogP contribution in [0.2, 0.25) is 0 Å². The van der Waals surface area contributed by atoms with Gasteiger partial charge in [0.25, 0.3) is 0 Å². The summed E-state index contributed by atoms with van der Waals surface area (Å²) in [6.45, 7) is 2.58. The molecule has 0 aliphatic rings. The van der Waals surface area contributed by atoms with E-state index in [1.54, 1.807) is 14.0 Å². The molecule has 0 aliphatic carbocycles. The predicted molar refractivity (Wildman–Crippen MR) is 82.2 cm³/mol. The van der Waals surface area contributed by atoms with Crippen molar-refractivity contribution in [1.82, 2.24) is 0 Å². The van der Waals surface area contributed by atoms with E-state index in [0.29, 0.717) is 0 Å². The highest BCUT2D eigenvalue weighted by Gasteiger charge is 2.05. The summed E-state index contributed by atoms with van der Waals surface area (Å²) in [6.07, 6.45) is -0.423. The Balaban J connectivity index is 2.08. The molecule has 2 aromatic rings. The Hall–Kier alpha value is -2.00. The Bertz CT molecular complexity index is 549. The van der Waals surface area contributed by atoms with E-state index in [-0.39, 0.29) is 0 Å². The van der Waals surface area contributed by atoms with E-state index in [1.165, 1.54) is 5.56 Å². The van der Waals surface area contributed by atoms with E-state index in [1.807, 2.05) is 42.5 Å². The van der Waals surface area contributed by atoms with Gasteiger partial charge in [-0.15, -0.1) is 0 Å². The molecule has 0 spiro atoms. The van der Waals surface area contributed by atoms with Crippen molar-refractivity contribution in [2.45, 2.75) is 19.6 Å². The molecule has 106 valence electrons. The molecule has 0 unspecified atom stereocenters. The Morgan fingerprint density at radius 2 is 1.85 bits per heavy atom. The number of anilines is 1. The van der Waals surface area contributed by atoms with Crippen LogP contribution in [0.15, 0.2) is 48.5 Å². The van der Waals surface area contributed by atoms with E-state index >= 15 is 0 Å². The molecule has 0 fully saturated rings. The molecule has 2 rings (SSSR count). The minimum absolute atomic E-state index is 0.423. The van der Waals surface area contributed by atoms with Crippen LogP contribution in [0, 0.1) is 0 Å². The van der Waals surface area contributed by atoms with Gasteiger partial charge in [-0.05, 0) is 42.3 Å². The van der Waals surface area contributed by atoms with Gasteiger partial charge in [-0.2, -0.15) is 0 Å². The molecule has 3 nitrogen and oxygen atoms in total. The van der Waals surface area contributed by atoms with E-state index in [4.69, 9.17) is 4.74 Å². The fourth-order valence-corrected chi connectivity index (χ4v) is 2.14. The first kappa shape index (κ1) is 14.4. The summed E-state index contributed by atoms with van der Waals surface area (Å²) in [5.74, 6) is 0.875. The zero-order chi connectivity index (χ0) is 14.5. The summed E-state index contributed by atoms with van der Waals surface area (Å²) in [5.41, 5.74) is 3.26. The van der Waals surface area contributed by atoms with Crippen LogP contribution in [0.1, 0.15) is 24.2 Å². The Kier molecular flexibility index (Phi) is 4.64. The normalized spacial score (nSPS) is 12.0. The van der Waals surface area contributed by atoms with Gasteiger partial charge in [0.1, 0.15) is 5.75 Å². The molecule has 0 bridgehead atoms. The molecule has 0 saturated carbocycles. The first-order valence-electron chi connectivity index (χ1n) is 6.72. The number of benzene rings is 2. The standard InChI is InChI=1S/C17H21NO2/c1-13(19)15-7-9-16(10-8-15)18(2)12-14-5-4-6-17(11-14)20-3/h4-11,13,19H,12H2,1-3H3/t13-/m1/s1. The smallest absolute Gasteiger partial charge is 0.119 e. The van der Waals surface area contributed by atoms with Gasteiger partial charge >= 0.3 is 0 Å². The first-order valence-corrected chi connectivity index (χ1v) is 6.72. The number of hydrogen-bond acceptors (Lipinski definition) is 3.